The van der Waals surface area contributed by atoms with Crippen molar-refractivity contribution in [1.82, 2.24) is 0 Å². The molecule has 0 saturated carbocycles. The maximum atomic E-state index is 11.8. The summed E-state index contributed by atoms with van der Waals surface area (Å²) in [4.78, 5) is 22.4. The van der Waals surface area contributed by atoms with Gasteiger partial charge in [-0.2, -0.15) is 8.42 Å². The number of esters is 2. The second-order valence-corrected chi connectivity index (χ2v) is 5.29. The highest BCUT2D eigenvalue weighted by molar-refractivity contribution is 7.86. The standard InChI is InChI=1S/C12H13NO7S/c1-8-4-6-9(7-5-8)21(16,17)20-13-10(11(14)18-2)12(15)19-3/h4-7H,1-3H3. The van der Waals surface area contributed by atoms with Gasteiger partial charge in [0.1, 0.15) is 4.90 Å². The Morgan fingerprint density at radius 2 is 1.48 bits per heavy atom. The van der Waals surface area contributed by atoms with Gasteiger partial charge in [-0.05, 0) is 24.2 Å². The van der Waals surface area contributed by atoms with Gasteiger partial charge in [-0.3, -0.25) is 4.28 Å². The number of nitrogens with zero attached hydrogens (tertiary/aromatic N) is 1. The summed E-state index contributed by atoms with van der Waals surface area (Å²) in [5, 5.41) is 3.02. The molecule has 0 saturated heterocycles. The zero-order valence-electron chi connectivity index (χ0n) is 11.5. The van der Waals surface area contributed by atoms with E-state index in [9.17, 15) is 18.0 Å². The minimum absolute atomic E-state index is 0.175. The first-order valence-corrected chi connectivity index (χ1v) is 6.97. The molecule has 8 nitrogen and oxygen atoms in total. The third-order valence-corrected chi connectivity index (χ3v) is 3.41. The summed E-state index contributed by atoms with van der Waals surface area (Å²) in [6, 6.07) is 5.72. The summed E-state index contributed by atoms with van der Waals surface area (Å²) in [7, 11) is -2.27. The van der Waals surface area contributed by atoms with E-state index in [1.807, 2.05) is 0 Å². The molecule has 21 heavy (non-hydrogen) atoms. The Kier molecular flexibility index (Phi) is 5.42. The Bertz CT molecular complexity index is 643. The first kappa shape index (κ1) is 16.6. The summed E-state index contributed by atoms with van der Waals surface area (Å²) in [6.07, 6.45) is 0. The van der Waals surface area contributed by atoms with Crippen molar-refractivity contribution in [2.45, 2.75) is 11.8 Å². The summed E-state index contributed by atoms with van der Waals surface area (Å²) in [5.74, 6) is -2.36. The smallest absolute Gasteiger partial charge is 0.367 e. The fraction of sp³-hybridized carbons (Fsp3) is 0.250. The lowest BCUT2D eigenvalue weighted by Gasteiger charge is -2.04. The van der Waals surface area contributed by atoms with Crippen LogP contribution in [0.5, 0.6) is 0 Å². The summed E-state index contributed by atoms with van der Waals surface area (Å²) >= 11 is 0. The average molecular weight is 315 g/mol. The van der Waals surface area contributed by atoms with E-state index in [4.69, 9.17) is 0 Å². The van der Waals surface area contributed by atoms with Crippen LogP contribution in [-0.4, -0.2) is 40.3 Å². The molecule has 1 aromatic carbocycles. The molecule has 0 heterocycles. The average Bonchev–Trinajstić information content (AvgIpc) is 2.47. The predicted octanol–water partition coefficient (Wildman–Crippen LogP) is 0.402. The minimum atomic E-state index is -4.26. The number of hydrogen-bond donors (Lipinski definition) is 0. The number of rotatable bonds is 5. The van der Waals surface area contributed by atoms with E-state index in [0.717, 1.165) is 19.8 Å². The van der Waals surface area contributed by atoms with Gasteiger partial charge in [-0.25, -0.2) is 9.59 Å². The molecule has 0 aliphatic rings. The molecule has 9 heteroatoms. The molecule has 1 aromatic rings. The van der Waals surface area contributed by atoms with Crippen molar-refractivity contribution in [2.24, 2.45) is 5.16 Å². The molecule has 1 rings (SSSR count). The van der Waals surface area contributed by atoms with Gasteiger partial charge >= 0.3 is 22.1 Å². The zero-order chi connectivity index (χ0) is 16.0. The quantitative estimate of drug-likeness (QED) is 0.335. The summed E-state index contributed by atoms with van der Waals surface area (Å²) in [5.41, 5.74) is -0.0713. The monoisotopic (exact) mass is 315 g/mol. The van der Waals surface area contributed by atoms with Crippen LogP contribution in [0, 0.1) is 6.92 Å². The van der Waals surface area contributed by atoms with Crippen molar-refractivity contribution in [2.75, 3.05) is 14.2 Å². The van der Waals surface area contributed by atoms with Gasteiger partial charge < -0.3 is 9.47 Å². The molecule has 0 unspecified atom stereocenters. The molecular formula is C12H13NO7S. The first-order chi connectivity index (χ1) is 9.81. The van der Waals surface area contributed by atoms with E-state index in [1.165, 1.54) is 12.1 Å². The van der Waals surface area contributed by atoms with Crippen molar-refractivity contribution < 1.29 is 31.8 Å². The molecule has 0 amide bonds. The fourth-order valence-electron chi connectivity index (χ4n) is 1.19. The normalized spacial score (nSPS) is 10.4. The Morgan fingerprint density at radius 1 is 1.00 bits per heavy atom. The van der Waals surface area contributed by atoms with Gasteiger partial charge in [0.2, 0.25) is 0 Å². The molecule has 0 bridgehead atoms. The number of methoxy groups -OCH3 is 2. The van der Waals surface area contributed by atoms with Gasteiger partial charge in [0.05, 0.1) is 14.2 Å². The fourth-order valence-corrected chi connectivity index (χ4v) is 1.91. The number of carbonyl (C=O) groups is 2. The van der Waals surface area contributed by atoms with Crippen LogP contribution in [0.2, 0.25) is 0 Å². The molecule has 0 radical (unpaired) electrons. The van der Waals surface area contributed by atoms with Crippen LogP contribution in [0.15, 0.2) is 34.3 Å². The van der Waals surface area contributed by atoms with E-state index in [-0.39, 0.29) is 4.90 Å². The third-order valence-electron chi connectivity index (χ3n) is 2.29. The molecular weight excluding hydrogens is 302 g/mol. The number of benzene rings is 1. The predicted molar refractivity (Wildman–Crippen MR) is 70.9 cm³/mol. The lowest BCUT2D eigenvalue weighted by molar-refractivity contribution is -0.138. The molecule has 0 aliphatic heterocycles. The second-order valence-electron chi connectivity index (χ2n) is 3.76. The maximum Gasteiger partial charge on any atom is 0.367 e. The van der Waals surface area contributed by atoms with Crippen molar-refractivity contribution in [3.05, 3.63) is 29.8 Å². The van der Waals surface area contributed by atoms with Crippen LogP contribution in [-0.2, 0) is 33.5 Å². The maximum absolute atomic E-state index is 11.8. The van der Waals surface area contributed by atoms with Crippen molar-refractivity contribution in [3.8, 4) is 0 Å². The summed E-state index contributed by atoms with van der Waals surface area (Å²) < 4.78 is 36.5. The third kappa shape index (κ3) is 4.28. The van der Waals surface area contributed by atoms with Gasteiger partial charge in [-0.15, -0.1) is 0 Å². The van der Waals surface area contributed by atoms with E-state index in [2.05, 4.69) is 18.9 Å². The van der Waals surface area contributed by atoms with Crippen molar-refractivity contribution in [1.29, 1.82) is 0 Å². The van der Waals surface area contributed by atoms with Gasteiger partial charge in [0, 0.05) is 0 Å². The Morgan fingerprint density at radius 3 is 1.90 bits per heavy atom. The number of oxime groups is 1. The van der Waals surface area contributed by atoms with Crippen LogP contribution in [0.4, 0.5) is 0 Å². The van der Waals surface area contributed by atoms with Crippen LogP contribution < -0.4 is 0 Å². The lowest BCUT2D eigenvalue weighted by atomic mass is 10.2. The minimum Gasteiger partial charge on any atom is -0.464 e. The molecule has 0 N–H and O–H groups in total. The van der Waals surface area contributed by atoms with Gasteiger partial charge in [-0.1, -0.05) is 17.7 Å². The van der Waals surface area contributed by atoms with Crippen molar-refractivity contribution in [3.63, 3.8) is 0 Å². The molecule has 0 spiro atoms. The van der Waals surface area contributed by atoms with Crippen LogP contribution in [0.3, 0.4) is 0 Å². The highest BCUT2D eigenvalue weighted by atomic mass is 32.2. The van der Waals surface area contributed by atoms with E-state index in [0.29, 0.717) is 0 Å². The Balaban J connectivity index is 3.06. The number of hydrogen-bond acceptors (Lipinski definition) is 8. The lowest BCUT2D eigenvalue weighted by Crippen LogP contribution is -2.27. The zero-order valence-corrected chi connectivity index (χ0v) is 12.3. The molecule has 0 fully saturated rings. The summed E-state index contributed by atoms with van der Waals surface area (Å²) in [6.45, 7) is 1.78. The highest BCUT2D eigenvalue weighted by Gasteiger charge is 2.25. The van der Waals surface area contributed by atoms with E-state index in [1.54, 1.807) is 19.1 Å². The van der Waals surface area contributed by atoms with E-state index < -0.39 is 27.8 Å². The first-order valence-electron chi connectivity index (χ1n) is 5.56. The van der Waals surface area contributed by atoms with Crippen LogP contribution >= 0.6 is 0 Å². The van der Waals surface area contributed by atoms with E-state index >= 15 is 0 Å². The second kappa shape index (κ2) is 6.84. The van der Waals surface area contributed by atoms with Crippen LogP contribution in [0.25, 0.3) is 0 Å². The number of carbonyl (C=O) groups excluding carboxylic acids is 2. The topological polar surface area (TPSA) is 108 Å². The Hall–Kier alpha value is -2.42. The van der Waals surface area contributed by atoms with Gasteiger partial charge in [0.25, 0.3) is 5.71 Å². The number of aryl methyl sites for hydroxylation is 1. The van der Waals surface area contributed by atoms with Gasteiger partial charge in [0.15, 0.2) is 0 Å². The SMILES string of the molecule is COC(=O)C(=NOS(=O)(=O)c1ccc(C)cc1)C(=O)OC. The highest BCUT2D eigenvalue weighted by Crippen LogP contribution is 2.13. The number of ether oxygens (including phenoxy) is 2. The Labute approximate surface area is 121 Å². The van der Waals surface area contributed by atoms with Crippen LogP contribution in [0.1, 0.15) is 5.56 Å². The molecule has 0 atom stereocenters. The largest absolute Gasteiger partial charge is 0.464 e. The molecule has 114 valence electrons. The molecule has 0 aromatic heterocycles. The van der Waals surface area contributed by atoms with Crippen molar-refractivity contribution >= 4 is 27.8 Å². The molecule has 0 aliphatic carbocycles.